The summed E-state index contributed by atoms with van der Waals surface area (Å²) in [6.45, 7) is 1.11. The highest BCUT2D eigenvalue weighted by Crippen LogP contribution is 2.48. The summed E-state index contributed by atoms with van der Waals surface area (Å²) < 4.78 is 20.3. The zero-order chi connectivity index (χ0) is 20.7. The predicted octanol–water partition coefficient (Wildman–Crippen LogP) is 2.79. The van der Waals surface area contributed by atoms with Gasteiger partial charge in [0.05, 0.1) is 30.4 Å². The van der Waals surface area contributed by atoms with E-state index in [1.165, 1.54) is 12.1 Å². The monoisotopic (exact) mass is 411 g/mol. The van der Waals surface area contributed by atoms with Crippen LogP contribution in [-0.4, -0.2) is 28.3 Å². The number of rotatable bonds is 4. The first kappa shape index (κ1) is 19.4. The van der Waals surface area contributed by atoms with E-state index in [-0.39, 0.29) is 29.4 Å². The van der Waals surface area contributed by atoms with Crippen LogP contribution in [0, 0.1) is 5.82 Å². The zero-order valence-corrected chi connectivity index (χ0v) is 16.9. The van der Waals surface area contributed by atoms with E-state index >= 15 is 0 Å². The molecular weight excluding hydrogens is 385 g/mol. The highest BCUT2D eigenvalue weighted by atomic mass is 19.1. The Kier molecular flexibility index (Phi) is 4.93. The van der Waals surface area contributed by atoms with E-state index in [0.29, 0.717) is 13.2 Å². The minimum absolute atomic E-state index is 0.0432. The van der Waals surface area contributed by atoms with Gasteiger partial charge >= 0.3 is 0 Å². The summed E-state index contributed by atoms with van der Waals surface area (Å²) in [5.74, 6) is -0.242. The fourth-order valence-electron chi connectivity index (χ4n) is 4.82. The van der Waals surface area contributed by atoms with Crippen molar-refractivity contribution in [2.24, 2.45) is 0 Å². The van der Waals surface area contributed by atoms with E-state index in [1.807, 2.05) is 0 Å². The maximum absolute atomic E-state index is 13.2. The molecule has 0 spiro atoms. The number of hydrogen-bond donors (Lipinski definition) is 1. The van der Waals surface area contributed by atoms with Crippen LogP contribution in [-0.2, 0) is 28.0 Å². The second kappa shape index (κ2) is 7.61. The molecule has 1 aromatic carbocycles. The molecule has 3 aliphatic rings. The van der Waals surface area contributed by atoms with E-state index in [9.17, 15) is 14.0 Å². The van der Waals surface area contributed by atoms with Gasteiger partial charge in [-0.1, -0.05) is 12.1 Å². The lowest BCUT2D eigenvalue weighted by Crippen LogP contribution is -2.44. The molecule has 0 radical (unpaired) electrons. The van der Waals surface area contributed by atoms with Crippen LogP contribution in [0.5, 0.6) is 0 Å². The average Bonchev–Trinajstić information content (AvgIpc) is 3.56. The van der Waals surface area contributed by atoms with Crippen molar-refractivity contribution in [2.75, 3.05) is 6.61 Å². The summed E-state index contributed by atoms with van der Waals surface area (Å²) in [6, 6.07) is 8.12. The molecule has 1 aliphatic heterocycles. The molecule has 2 aliphatic carbocycles. The van der Waals surface area contributed by atoms with E-state index in [1.54, 1.807) is 22.9 Å². The Morgan fingerprint density at radius 3 is 2.60 bits per heavy atom. The van der Waals surface area contributed by atoms with Crippen LogP contribution < -0.4 is 10.9 Å². The van der Waals surface area contributed by atoms with Crippen LogP contribution in [0.15, 0.2) is 35.1 Å². The molecule has 158 valence electrons. The molecule has 1 N–H and O–H groups in total. The quantitative estimate of drug-likeness (QED) is 0.840. The van der Waals surface area contributed by atoms with Crippen LogP contribution in [0.3, 0.4) is 0 Å². The highest BCUT2D eigenvalue weighted by molar-refractivity contribution is 5.91. The number of aromatic nitrogens is 2. The van der Waals surface area contributed by atoms with Crippen molar-refractivity contribution in [1.29, 1.82) is 0 Å². The van der Waals surface area contributed by atoms with Gasteiger partial charge in [0.2, 0.25) is 5.91 Å². The molecule has 5 rings (SSSR count). The number of fused-ring (bicyclic) bond motifs is 1. The smallest absolute Gasteiger partial charge is 0.267 e. The Bertz CT molecular complexity index is 1010. The second-order valence-corrected chi connectivity index (χ2v) is 8.77. The molecule has 2 aromatic rings. The minimum Gasteiger partial charge on any atom is -0.376 e. The highest BCUT2D eigenvalue weighted by Gasteiger charge is 2.51. The predicted molar refractivity (Wildman–Crippen MR) is 109 cm³/mol. The van der Waals surface area contributed by atoms with Crippen molar-refractivity contribution < 1.29 is 13.9 Å². The van der Waals surface area contributed by atoms with Crippen LogP contribution in [0.25, 0.3) is 0 Å². The molecule has 2 fully saturated rings. The third-order valence-corrected chi connectivity index (χ3v) is 6.82. The van der Waals surface area contributed by atoms with Gasteiger partial charge in [0.15, 0.2) is 0 Å². The van der Waals surface area contributed by atoms with Gasteiger partial charge < -0.3 is 10.1 Å². The summed E-state index contributed by atoms with van der Waals surface area (Å²) in [6.07, 6.45) is 5.63. The number of carbonyl (C=O) groups excluding carboxylic acids is 1. The van der Waals surface area contributed by atoms with Crippen LogP contribution in [0.2, 0.25) is 0 Å². The largest absolute Gasteiger partial charge is 0.376 e. The maximum Gasteiger partial charge on any atom is 0.267 e. The standard InChI is InChI=1S/C23H26FN3O3/c24-17-3-1-16(2-4-17)23(10-11-23)22(29)25-18-5-7-19(8-6-18)27-21(28)13-15-14-30-12-9-20(15)26-27/h1-4,13,18-19H,5-12,14H2,(H,25,29). The number of nitrogens with zero attached hydrogens (tertiary/aromatic N) is 2. The van der Waals surface area contributed by atoms with Crippen molar-refractivity contribution in [3.05, 3.63) is 63.3 Å². The van der Waals surface area contributed by atoms with Gasteiger partial charge in [-0.3, -0.25) is 9.59 Å². The number of benzene rings is 1. The minimum atomic E-state index is -0.496. The molecule has 0 bridgehead atoms. The zero-order valence-electron chi connectivity index (χ0n) is 16.9. The van der Waals surface area contributed by atoms with Gasteiger partial charge in [-0.2, -0.15) is 5.10 Å². The molecule has 30 heavy (non-hydrogen) atoms. The normalized spacial score (nSPS) is 24.7. The van der Waals surface area contributed by atoms with E-state index in [2.05, 4.69) is 10.4 Å². The fraction of sp³-hybridized carbons (Fsp3) is 0.522. The van der Waals surface area contributed by atoms with Crippen molar-refractivity contribution in [3.63, 3.8) is 0 Å². The number of ether oxygens (including phenoxy) is 1. The molecular formula is C23H26FN3O3. The van der Waals surface area contributed by atoms with Crippen molar-refractivity contribution in [3.8, 4) is 0 Å². The van der Waals surface area contributed by atoms with Gasteiger partial charge in [0.1, 0.15) is 5.82 Å². The lowest BCUT2D eigenvalue weighted by atomic mass is 9.89. The fourth-order valence-corrected chi connectivity index (χ4v) is 4.82. The molecule has 1 aromatic heterocycles. The van der Waals surface area contributed by atoms with E-state index in [4.69, 9.17) is 4.74 Å². The molecule has 2 saturated carbocycles. The average molecular weight is 411 g/mol. The van der Waals surface area contributed by atoms with Gasteiger partial charge in [0, 0.05) is 24.1 Å². The van der Waals surface area contributed by atoms with Crippen LogP contribution in [0.1, 0.15) is 61.4 Å². The Hall–Kier alpha value is -2.54. The first-order valence-corrected chi connectivity index (χ1v) is 10.8. The Morgan fingerprint density at radius 2 is 1.90 bits per heavy atom. The first-order chi connectivity index (χ1) is 14.5. The third-order valence-electron chi connectivity index (χ3n) is 6.82. The molecule has 0 unspecified atom stereocenters. The molecule has 0 atom stereocenters. The van der Waals surface area contributed by atoms with Crippen molar-refractivity contribution in [1.82, 2.24) is 15.1 Å². The lowest BCUT2D eigenvalue weighted by Gasteiger charge is -2.31. The molecule has 1 amide bonds. The number of carbonyl (C=O) groups is 1. The third kappa shape index (κ3) is 3.55. The molecule has 0 saturated heterocycles. The topological polar surface area (TPSA) is 73.2 Å². The summed E-state index contributed by atoms with van der Waals surface area (Å²) >= 11 is 0. The second-order valence-electron chi connectivity index (χ2n) is 8.77. The van der Waals surface area contributed by atoms with Crippen molar-refractivity contribution in [2.45, 2.75) is 69.1 Å². The Morgan fingerprint density at radius 1 is 1.17 bits per heavy atom. The molecule has 2 heterocycles. The lowest BCUT2D eigenvalue weighted by molar-refractivity contribution is -0.124. The Balaban J connectivity index is 1.22. The number of halogens is 1. The molecule has 6 nitrogen and oxygen atoms in total. The summed E-state index contributed by atoms with van der Waals surface area (Å²) in [7, 11) is 0. The first-order valence-electron chi connectivity index (χ1n) is 10.8. The number of amides is 1. The van der Waals surface area contributed by atoms with E-state index < -0.39 is 5.41 Å². The Labute approximate surface area is 174 Å². The SMILES string of the molecule is O=C(NC1CCC(n2nc3c(cc2=O)COCC3)CC1)C1(c2ccc(F)cc2)CC1. The van der Waals surface area contributed by atoms with Gasteiger partial charge in [-0.15, -0.1) is 0 Å². The van der Waals surface area contributed by atoms with Gasteiger partial charge in [-0.25, -0.2) is 9.07 Å². The number of hydrogen-bond acceptors (Lipinski definition) is 4. The van der Waals surface area contributed by atoms with E-state index in [0.717, 1.165) is 61.8 Å². The van der Waals surface area contributed by atoms with Crippen LogP contribution in [0.4, 0.5) is 4.39 Å². The maximum atomic E-state index is 13.2. The van der Waals surface area contributed by atoms with Gasteiger partial charge in [0.25, 0.3) is 5.56 Å². The van der Waals surface area contributed by atoms with Gasteiger partial charge in [-0.05, 0) is 56.2 Å². The molecule has 7 heteroatoms. The summed E-state index contributed by atoms with van der Waals surface area (Å²) in [5, 5.41) is 7.84. The summed E-state index contributed by atoms with van der Waals surface area (Å²) in [4.78, 5) is 25.5. The van der Waals surface area contributed by atoms with Crippen LogP contribution >= 0.6 is 0 Å². The summed E-state index contributed by atoms with van der Waals surface area (Å²) in [5.41, 5.74) is 2.19. The van der Waals surface area contributed by atoms with Crippen molar-refractivity contribution >= 4 is 5.91 Å². The number of nitrogens with one attached hydrogen (secondary N) is 1.